The minimum atomic E-state index is -0.0381. The second kappa shape index (κ2) is 6.33. The Kier molecular flexibility index (Phi) is 4.52. The molecule has 0 aliphatic heterocycles. The molecule has 102 valence electrons. The lowest BCUT2D eigenvalue weighted by Crippen LogP contribution is -2.39. The zero-order valence-corrected chi connectivity index (χ0v) is 11.3. The molecule has 5 heteroatoms. The van der Waals surface area contributed by atoms with Gasteiger partial charge in [-0.1, -0.05) is 24.2 Å². The van der Waals surface area contributed by atoms with E-state index in [1.807, 2.05) is 38.1 Å². The lowest BCUT2D eigenvalue weighted by Gasteiger charge is -2.12. The summed E-state index contributed by atoms with van der Waals surface area (Å²) in [6.07, 6.45) is 0.246. The number of aromatic nitrogens is 1. The molecule has 0 bridgehead atoms. The molecule has 0 saturated heterocycles. The van der Waals surface area contributed by atoms with Crippen LogP contribution in [-0.4, -0.2) is 30.2 Å². The van der Waals surface area contributed by atoms with E-state index in [-0.39, 0.29) is 18.4 Å². The SMILES string of the molecule is CCN[C@H](C)CNC(=O)Cc1noc2ccccc12. The maximum Gasteiger partial charge on any atom is 0.226 e. The third kappa shape index (κ3) is 3.54. The molecule has 1 amide bonds. The molecule has 1 aromatic heterocycles. The van der Waals surface area contributed by atoms with Crippen molar-refractivity contribution < 1.29 is 9.32 Å². The van der Waals surface area contributed by atoms with Crippen LogP contribution >= 0.6 is 0 Å². The molecule has 0 aliphatic carbocycles. The first kappa shape index (κ1) is 13.5. The second-order valence-electron chi connectivity index (χ2n) is 4.57. The van der Waals surface area contributed by atoms with Gasteiger partial charge in [-0.2, -0.15) is 0 Å². The first-order valence-electron chi connectivity index (χ1n) is 6.54. The number of rotatable bonds is 6. The molecule has 5 nitrogen and oxygen atoms in total. The molecule has 2 aromatic rings. The van der Waals surface area contributed by atoms with Crippen LogP contribution in [-0.2, 0) is 11.2 Å². The van der Waals surface area contributed by atoms with E-state index < -0.39 is 0 Å². The smallest absolute Gasteiger partial charge is 0.226 e. The highest BCUT2D eigenvalue weighted by atomic mass is 16.5. The molecule has 1 aromatic carbocycles. The van der Waals surface area contributed by atoms with Gasteiger partial charge in [0.1, 0.15) is 5.69 Å². The largest absolute Gasteiger partial charge is 0.356 e. The molecule has 0 radical (unpaired) electrons. The molecule has 0 spiro atoms. The molecule has 0 aliphatic rings. The molecular formula is C14H19N3O2. The molecule has 1 heterocycles. The minimum Gasteiger partial charge on any atom is -0.356 e. The fourth-order valence-electron chi connectivity index (χ4n) is 1.97. The summed E-state index contributed by atoms with van der Waals surface area (Å²) in [6, 6.07) is 7.82. The molecule has 0 unspecified atom stereocenters. The van der Waals surface area contributed by atoms with Crippen molar-refractivity contribution >= 4 is 16.9 Å². The number of benzene rings is 1. The van der Waals surface area contributed by atoms with Gasteiger partial charge in [0.05, 0.1) is 6.42 Å². The molecule has 0 fully saturated rings. The summed E-state index contributed by atoms with van der Waals surface area (Å²) in [6.45, 7) is 5.59. The van der Waals surface area contributed by atoms with E-state index >= 15 is 0 Å². The highest BCUT2D eigenvalue weighted by Crippen LogP contribution is 2.17. The zero-order valence-electron chi connectivity index (χ0n) is 11.3. The molecular weight excluding hydrogens is 242 g/mol. The number of carbonyl (C=O) groups is 1. The van der Waals surface area contributed by atoms with Crippen molar-refractivity contribution in [2.75, 3.05) is 13.1 Å². The molecule has 2 rings (SSSR count). The van der Waals surface area contributed by atoms with E-state index in [0.717, 1.165) is 11.9 Å². The Labute approximate surface area is 112 Å². The van der Waals surface area contributed by atoms with Crippen molar-refractivity contribution in [1.29, 1.82) is 0 Å². The number of amides is 1. The highest BCUT2D eigenvalue weighted by Gasteiger charge is 2.12. The number of carbonyl (C=O) groups excluding carboxylic acids is 1. The topological polar surface area (TPSA) is 67.2 Å². The van der Waals surface area contributed by atoms with Gasteiger partial charge in [-0.25, -0.2) is 0 Å². The maximum absolute atomic E-state index is 11.8. The number of fused-ring (bicyclic) bond motifs is 1. The van der Waals surface area contributed by atoms with Gasteiger partial charge in [0, 0.05) is 18.0 Å². The highest BCUT2D eigenvalue weighted by molar-refractivity contribution is 5.86. The third-order valence-electron chi connectivity index (χ3n) is 2.94. The zero-order chi connectivity index (χ0) is 13.7. The lowest BCUT2D eigenvalue weighted by atomic mass is 10.1. The quantitative estimate of drug-likeness (QED) is 0.826. The Bertz CT molecular complexity index is 550. The van der Waals surface area contributed by atoms with Gasteiger partial charge in [-0.15, -0.1) is 0 Å². The lowest BCUT2D eigenvalue weighted by molar-refractivity contribution is -0.120. The fraction of sp³-hybridized carbons (Fsp3) is 0.429. The number of hydrogen-bond acceptors (Lipinski definition) is 4. The Balaban J connectivity index is 1.92. The molecule has 1 atom stereocenters. The van der Waals surface area contributed by atoms with E-state index in [2.05, 4.69) is 15.8 Å². The van der Waals surface area contributed by atoms with Crippen LogP contribution in [0.2, 0.25) is 0 Å². The monoisotopic (exact) mass is 261 g/mol. The predicted octanol–water partition coefficient (Wildman–Crippen LogP) is 1.48. The van der Waals surface area contributed by atoms with Crippen LogP contribution in [0, 0.1) is 0 Å². The van der Waals surface area contributed by atoms with Gasteiger partial charge in [-0.3, -0.25) is 4.79 Å². The first-order valence-corrected chi connectivity index (χ1v) is 6.54. The van der Waals surface area contributed by atoms with Crippen LogP contribution in [0.5, 0.6) is 0 Å². The van der Waals surface area contributed by atoms with Crippen molar-refractivity contribution in [3.05, 3.63) is 30.0 Å². The van der Waals surface area contributed by atoms with Crippen LogP contribution < -0.4 is 10.6 Å². The summed E-state index contributed by atoms with van der Waals surface area (Å²) >= 11 is 0. The minimum absolute atomic E-state index is 0.0381. The van der Waals surface area contributed by atoms with E-state index in [1.165, 1.54) is 0 Å². The van der Waals surface area contributed by atoms with Gasteiger partial charge in [-0.05, 0) is 25.6 Å². The third-order valence-corrected chi connectivity index (χ3v) is 2.94. The van der Waals surface area contributed by atoms with Crippen LogP contribution in [0.25, 0.3) is 11.0 Å². The average molecular weight is 261 g/mol. The van der Waals surface area contributed by atoms with E-state index in [1.54, 1.807) is 0 Å². The molecule has 0 saturated carbocycles. The molecule has 2 N–H and O–H groups in total. The van der Waals surface area contributed by atoms with Gasteiger partial charge in [0.25, 0.3) is 0 Å². The van der Waals surface area contributed by atoms with Crippen LogP contribution in [0.1, 0.15) is 19.5 Å². The van der Waals surface area contributed by atoms with Crippen LogP contribution in [0.3, 0.4) is 0 Å². The first-order chi connectivity index (χ1) is 9.20. The number of likely N-dealkylation sites (N-methyl/N-ethyl adjacent to an activating group) is 1. The van der Waals surface area contributed by atoms with Gasteiger partial charge < -0.3 is 15.2 Å². The van der Waals surface area contributed by atoms with Gasteiger partial charge in [0.2, 0.25) is 5.91 Å². The predicted molar refractivity (Wildman–Crippen MR) is 73.9 cm³/mol. The Morgan fingerprint density at radius 3 is 3.00 bits per heavy atom. The van der Waals surface area contributed by atoms with Crippen LogP contribution in [0.15, 0.2) is 28.8 Å². The summed E-state index contributed by atoms with van der Waals surface area (Å²) < 4.78 is 5.17. The Hall–Kier alpha value is -1.88. The summed E-state index contributed by atoms with van der Waals surface area (Å²) in [5.41, 5.74) is 1.40. The van der Waals surface area contributed by atoms with Crippen molar-refractivity contribution in [3.63, 3.8) is 0 Å². The van der Waals surface area contributed by atoms with Crippen molar-refractivity contribution in [3.8, 4) is 0 Å². The summed E-state index contributed by atoms with van der Waals surface area (Å²) in [4.78, 5) is 11.8. The van der Waals surface area contributed by atoms with Gasteiger partial charge >= 0.3 is 0 Å². The summed E-state index contributed by atoms with van der Waals surface area (Å²) in [5.74, 6) is -0.0381. The Morgan fingerprint density at radius 1 is 1.42 bits per heavy atom. The van der Waals surface area contributed by atoms with Crippen molar-refractivity contribution in [2.45, 2.75) is 26.3 Å². The summed E-state index contributed by atoms with van der Waals surface area (Å²) in [5, 5.41) is 11.0. The molecule has 19 heavy (non-hydrogen) atoms. The number of para-hydroxylation sites is 1. The maximum atomic E-state index is 11.8. The number of nitrogens with zero attached hydrogens (tertiary/aromatic N) is 1. The normalized spacial score (nSPS) is 12.5. The standard InChI is InChI=1S/C14H19N3O2/c1-3-15-10(2)9-16-14(18)8-12-11-6-4-5-7-13(11)19-17-12/h4-7,10,15H,3,8-9H2,1-2H3,(H,16,18)/t10-/m1/s1. The van der Waals surface area contributed by atoms with Crippen molar-refractivity contribution in [1.82, 2.24) is 15.8 Å². The second-order valence-corrected chi connectivity index (χ2v) is 4.57. The average Bonchev–Trinajstić information content (AvgIpc) is 2.80. The summed E-state index contributed by atoms with van der Waals surface area (Å²) in [7, 11) is 0. The van der Waals surface area contributed by atoms with E-state index in [9.17, 15) is 4.79 Å². The van der Waals surface area contributed by atoms with Crippen molar-refractivity contribution in [2.24, 2.45) is 0 Å². The van der Waals surface area contributed by atoms with Gasteiger partial charge in [0.15, 0.2) is 5.58 Å². The number of nitrogens with one attached hydrogen (secondary N) is 2. The Morgan fingerprint density at radius 2 is 2.21 bits per heavy atom. The van der Waals surface area contributed by atoms with Crippen LogP contribution in [0.4, 0.5) is 0 Å². The van der Waals surface area contributed by atoms with E-state index in [0.29, 0.717) is 17.8 Å². The van der Waals surface area contributed by atoms with E-state index in [4.69, 9.17) is 4.52 Å². The number of hydrogen-bond donors (Lipinski definition) is 2. The fourth-order valence-corrected chi connectivity index (χ4v) is 1.97.